The summed E-state index contributed by atoms with van der Waals surface area (Å²) in [5.41, 5.74) is 13.2. The number of Topliss-reactive ketones (excluding diaryl/α,β-unsaturated/α-hetero) is 2. The number of fused-ring (bicyclic) bond motifs is 11. The van der Waals surface area contributed by atoms with Crippen LogP contribution in [0, 0.1) is 23.7 Å². The summed E-state index contributed by atoms with van der Waals surface area (Å²) in [4.78, 5) is 84.3. The molecule has 0 radical (unpaired) electrons. The molecule has 2 bridgehead atoms. The molecule has 0 fully saturated rings. The number of hydrogen-bond acceptors (Lipinski definition) is 20. The van der Waals surface area contributed by atoms with Gasteiger partial charge < -0.3 is 47.3 Å². The quantitative estimate of drug-likeness (QED) is 0.00455. The fourth-order valence-electron chi connectivity index (χ4n) is 9.76. The summed E-state index contributed by atoms with van der Waals surface area (Å²) in [7, 11) is -15.9. The summed E-state index contributed by atoms with van der Waals surface area (Å²) in [5.74, 6) is -5.06. The summed E-state index contributed by atoms with van der Waals surface area (Å²) in [6.07, 6.45) is 3.82. The van der Waals surface area contributed by atoms with E-state index < -0.39 is 126 Å². The fraction of sp³-hybridized carbons (Fsp3) is 0.410. The molecule has 0 saturated carbocycles. The third-order valence-electron chi connectivity index (χ3n) is 14.8. The predicted molar refractivity (Wildman–Crippen MR) is 349 cm³/mol. The Balaban J connectivity index is 0.000000380. The summed E-state index contributed by atoms with van der Waals surface area (Å²) < 4.78 is 108. The van der Waals surface area contributed by atoms with Crippen molar-refractivity contribution in [3.63, 3.8) is 0 Å². The molecule has 30 nitrogen and oxygen atoms in total. The maximum absolute atomic E-state index is 14.1. The van der Waals surface area contributed by atoms with Crippen LogP contribution in [0.2, 0.25) is 0 Å². The van der Waals surface area contributed by atoms with E-state index in [1.54, 1.807) is 47.9 Å². The van der Waals surface area contributed by atoms with Gasteiger partial charge in [-0.05, 0) is 105 Å². The molecule has 0 unspecified atom stereocenters. The minimum atomic E-state index is -4.54. The van der Waals surface area contributed by atoms with Gasteiger partial charge in [-0.3, -0.25) is 47.8 Å². The third-order valence-corrected chi connectivity index (χ3v) is 20.3. The number of pyridine rings is 1. The first-order valence-corrected chi connectivity index (χ1v) is 36.3. The van der Waals surface area contributed by atoms with Crippen LogP contribution in [0.1, 0.15) is 86.8 Å². The zero-order valence-corrected chi connectivity index (χ0v) is 57.6. The van der Waals surface area contributed by atoms with Gasteiger partial charge in [0.1, 0.15) is 21.7 Å². The molecule has 0 saturated heterocycles. The maximum atomic E-state index is 14.1. The van der Waals surface area contributed by atoms with E-state index >= 15 is 0 Å². The summed E-state index contributed by atoms with van der Waals surface area (Å²) in [6.45, 7) is 2.83. The number of aliphatic carboxylic acids is 1. The molecule has 15 N–H and O–H groups in total. The van der Waals surface area contributed by atoms with Crippen molar-refractivity contribution in [1.82, 2.24) is 21.1 Å². The van der Waals surface area contributed by atoms with Crippen molar-refractivity contribution in [2.24, 2.45) is 43.7 Å². The number of hydroxylamine groups is 1. The average Bonchev–Trinajstić information content (AvgIpc) is 0.786. The van der Waals surface area contributed by atoms with Gasteiger partial charge in [0.05, 0.1) is 41.2 Å². The van der Waals surface area contributed by atoms with E-state index in [0.29, 0.717) is 66.1 Å². The van der Waals surface area contributed by atoms with Crippen LogP contribution in [-0.4, -0.2) is 168 Å². The number of aromatic nitrogens is 1. The maximum Gasteiger partial charge on any atom is 0.294 e. The minimum absolute atomic E-state index is 0.0310. The van der Waals surface area contributed by atoms with Gasteiger partial charge in [-0.15, -0.1) is 0 Å². The number of carboxylic acids is 1. The Bertz CT molecular complexity index is 3640. The van der Waals surface area contributed by atoms with Crippen LogP contribution in [0.5, 0.6) is 5.75 Å². The normalized spacial score (nSPS) is 15.6. The molecule has 0 spiro atoms. The number of nitrogens with two attached hydrogens (primary N) is 2. The molecular formula is C61H80N9O21PS3Tc. The van der Waals surface area contributed by atoms with Crippen molar-refractivity contribution >= 4 is 95.4 Å². The van der Waals surface area contributed by atoms with E-state index in [1.165, 1.54) is 60.8 Å². The van der Waals surface area contributed by atoms with Crippen molar-refractivity contribution in [2.45, 2.75) is 104 Å². The molecular weight excluding hydrogens is 1420 g/mol. The Morgan fingerprint density at radius 2 is 1.36 bits per heavy atom. The molecule has 96 heavy (non-hydrogen) atoms. The standard InChI is InChI=1S/C37H52N8O7.C18H15O9PS3.C6H12NO5.Tc/c1-23(2)18-30-29(36(50)45-51)7-5-17-52-28-13-9-24(10-14-28)19-31(44-35(30)49)33(47)20-25(6-3-16-42-37(39)40)34(48)41-15-4-8-32(46)26-11-12-27(21-38)43-22-26;19-29(20,21)16-7-1-4-13(10-16)28(14-5-2-8-17(11-14)30(22,23)24)15-6-3-9-18(12-15)31(25,26)27;8-2-6(3-9,4-10)7-1-5(11)12;/h9-14,22-23,25,29-31,51H,3-8,15-21H2,1-2H3,(H,41,48)(H,44,49)(H,45,50)(H4,39,40,42);1-12H,(H,19,20,21)(H,22,23,24)(H,25,26,27);8-10H,1-4H2,(H,11,12);/q;;-1;/p+1/t25-,29+,30-,31+;;;/m1.../s1. The number of hydrogen-bond donors (Lipinski definition) is 13. The van der Waals surface area contributed by atoms with Crippen molar-refractivity contribution in [2.75, 3.05) is 46.1 Å². The molecule has 4 atom stereocenters. The van der Waals surface area contributed by atoms with Crippen LogP contribution in [-0.2, 0) is 86.0 Å². The van der Waals surface area contributed by atoms with Crippen LogP contribution >= 0.6 is 7.92 Å². The molecule has 2 aliphatic heterocycles. The second-order valence-electron chi connectivity index (χ2n) is 22.5. The molecule has 0 aliphatic carbocycles. The zero-order valence-electron chi connectivity index (χ0n) is 52.3. The minimum Gasteiger partial charge on any atom is -0.642 e. The Kier molecular flexibility index (Phi) is 33.1. The molecule has 3 amide bonds. The SMILES string of the molecule is CC(C)C[C@H]1C(=O)N[C@H](C(=O)C[C@@H](CCCN=C(N)N)C(=O)NCCCC(=O)c2ccc(C[N]=[Tc])nc2)Cc2ccc(cc2)OCCC[C@@H]1C(=O)NO.O=C(O)C[N-]C(CO)(CO)CO.O=S(=O)(O)c1cccc([PH+](c2cccc(S(=O)(=O)O)c2)c2cccc(S(=O)(=O)O)c2)c1. The molecule has 4 aromatic carbocycles. The first-order valence-electron chi connectivity index (χ1n) is 29.7. The Hall–Kier alpha value is -7.27. The molecule has 1 aromatic heterocycles. The Morgan fingerprint density at radius 3 is 1.82 bits per heavy atom. The number of carbonyl (C=O) groups is 6. The van der Waals surface area contributed by atoms with E-state index in [0.717, 1.165) is 11.3 Å². The van der Waals surface area contributed by atoms with Crippen molar-refractivity contribution in [1.29, 1.82) is 0 Å². The van der Waals surface area contributed by atoms with E-state index in [1.807, 2.05) is 44.7 Å². The topological polar surface area (TPSA) is 516 Å². The predicted octanol–water partition coefficient (Wildman–Crippen LogP) is 1.78. The number of amides is 3. The average molecular weight is 1500 g/mol. The first kappa shape index (κ1) is 81.2. The smallest absolute Gasteiger partial charge is 0.294 e. The number of aliphatic imine (C=N–C) groups is 1. The molecule has 2 aliphatic rings. The molecule has 5 aromatic rings. The van der Waals surface area contributed by atoms with Gasteiger partial charge in [-0.1, -0.05) is 49.7 Å². The molecule has 7 rings (SSSR count). The third kappa shape index (κ3) is 27.0. The number of carboxylic acid groups (broad SMARTS) is 1. The number of nitrogens with one attached hydrogen (secondary N) is 3. The van der Waals surface area contributed by atoms with E-state index in [9.17, 15) is 72.9 Å². The number of benzene rings is 4. The summed E-state index contributed by atoms with van der Waals surface area (Å²) >= 11 is 1.90. The van der Waals surface area contributed by atoms with Crippen molar-refractivity contribution in [3.05, 3.63) is 138 Å². The van der Waals surface area contributed by atoms with Gasteiger partial charge >= 0.3 is 105 Å². The van der Waals surface area contributed by atoms with Gasteiger partial charge in [0.25, 0.3) is 36.3 Å². The number of carbonyl (C=O) groups excluding carboxylic acids is 5. The fourth-order valence-corrected chi connectivity index (χ4v) is 14.6. The summed E-state index contributed by atoms with van der Waals surface area (Å²) in [5, 5.41) is 54.2. The number of nitrogens with zero attached hydrogens (tertiary/aromatic N) is 4. The number of guanidine groups is 1. The van der Waals surface area contributed by atoms with E-state index in [2.05, 4.69) is 29.5 Å². The van der Waals surface area contributed by atoms with Crippen molar-refractivity contribution < 1.29 is 117 Å². The number of aliphatic hydroxyl groups is 3. The zero-order chi connectivity index (χ0) is 71.4. The second kappa shape index (κ2) is 39.2. The van der Waals surface area contributed by atoms with Gasteiger partial charge in [-0.2, -0.15) is 25.3 Å². The van der Waals surface area contributed by atoms with Crippen LogP contribution in [0.25, 0.3) is 5.32 Å². The Morgan fingerprint density at radius 1 is 0.812 bits per heavy atom. The Labute approximate surface area is 567 Å². The van der Waals surface area contributed by atoms with Crippen molar-refractivity contribution in [3.8, 4) is 5.75 Å². The van der Waals surface area contributed by atoms with E-state index in [4.69, 9.17) is 36.6 Å². The van der Waals surface area contributed by atoms with Crippen LogP contribution in [0.4, 0.5) is 0 Å². The van der Waals surface area contributed by atoms with Crippen LogP contribution in [0.15, 0.2) is 139 Å². The molecule has 3 heterocycles. The largest absolute Gasteiger partial charge is 0.642 e. The van der Waals surface area contributed by atoms with Gasteiger partial charge in [0.15, 0.2) is 11.7 Å². The van der Waals surface area contributed by atoms with Crippen LogP contribution < -0.4 is 48.2 Å². The van der Waals surface area contributed by atoms with Crippen LogP contribution in [0.3, 0.4) is 0 Å². The van der Waals surface area contributed by atoms with Gasteiger partial charge in [0.2, 0.25) is 11.8 Å². The number of rotatable bonds is 30. The first-order chi connectivity index (χ1) is 45.3. The molecule has 35 heteroatoms. The number of aliphatic hydroxyl groups excluding tert-OH is 3. The van der Waals surface area contributed by atoms with E-state index in [-0.39, 0.29) is 74.5 Å². The number of ether oxygens (including phenoxy) is 1. The summed E-state index contributed by atoms with van der Waals surface area (Å²) in [6, 6.07) is 25.5. The number of ketones is 2. The second-order valence-corrected chi connectivity index (χ2v) is 29.8. The monoisotopic (exact) mass is 1500 g/mol. The van der Waals surface area contributed by atoms with Gasteiger partial charge in [-0.25, -0.2) is 5.48 Å². The van der Waals surface area contributed by atoms with Gasteiger partial charge in [0, 0.05) is 62.8 Å². The molecule has 525 valence electrons.